The van der Waals surface area contributed by atoms with Gasteiger partial charge in [-0.2, -0.15) is 5.10 Å². The molecule has 0 saturated heterocycles. The monoisotopic (exact) mass is 340 g/mol. The van der Waals surface area contributed by atoms with E-state index >= 15 is 0 Å². The Morgan fingerprint density at radius 2 is 1.80 bits per heavy atom. The topological polar surface area (TPSA) is 107 Å². The molecule has 0 fully saturated rings. The molecule has 1 heterocycles. The van der Waals surface area contributed by atoms with Crippen LogP contribution >= 0.6 is 0 Å². The first-order valence-corrected chi connectivity index (χ1v) is 7.55. The molecule has 0 unspecified atom stereocenters. The van der Waals surface area contributed by atoms with Crippen molar-refractivity contribution in [2.45, 2.75) is 13.8 Å². The number of nitrogens with two attached hydrogens (primary N) is 2. The van der Waals surface area contributed by atoms with Gasteiger partial charge in [-0.1, -0.05) is 6.07 Å². The number of aryl methyl sites for hydroxylation is 1. The van der Waals surface area contributed by atoms with Crippen LogP contribution in [0.25, 0.3) is 16.9 Å². The van der Waals surface area contributed by atoms with Crippen LogP contribution in [0.1, 0.15) is 21.5 Å². The number of halogens is 1. The number of aromatic nitrogens is 2. The number of rotatable bonds is 3. The molecule has 7 heteroatoms. The molecule has 3 aromatic rings. The number of carbonyl (C=O) groups excluding carboxylic acids is 1. The Kier molecular flexibility index (Phi) is 3.92. The van der Waals surface area contributed by atoms with Gasteiger partial charge in [-0.3, -0.25) is 4.79 Å². The summed E-state index contributed by atoms with van der Waals surface area (Å²) in [5, 5.41) is 14.4. The predicted molar refractivity (Wildman–Crippen MR) is 93.0 cm³/mol. The zero-order chi connectivity index (χ0) is 18.3. The molecule has 0 atom stereocenters. The van der Waals surface area contributed by atoms with Gasteiger partial charge in [-0.15, -0.1) is 0 Å². The Hall–Kier alpha value is -3.35. The van der Waals surface area contributed by atoms with Crippen LogP contribution in [-0.2, 0) is 0 Å². The molecular weight excluding hydrogens is 323 g/mol. The largest absolute Gasteiger partial charge is 0.508 e. The molecular formula is C18H17FN4O2. The molecule has 0 radical (unpaired) electrons. The number of hydrogen-bond donors (Lipinski definition) is 3. The molecule has 128 valence electrons. The minimum absolute atomic E-state index is 0.0498. The van der Waals surface area contributed by atoms with Crippen molar-refractivity contribution in [2.75, 3.05) is 5.73 Å². The normalized spacial score (nSPS) is 10.8. The SMILES string of the molecule is Cc1ccc(O)c(C)c1-n1nc(-c2ccc(F)cc2)c(C(N)=O)c1N. The Balaban J connectivity index is 2.31. The van der Waals surface area contributed by atoms with Crippen LogP contribution in [0.4, 0.5) is 10.2 Å². The van der Waals surface area contributed by atoms with E-state index in [2.05, 4.69) is 5.10 Å². The van der Waals surface area contributed by atoms with Gasteiger partial charge in [0, 0.05) is 11.1 Å². The van der Waals surface area contributed by atoms with Gasteiger partial charge in [0.25, 0.3) is 5.91 Å². The lowest BCUT2D eigenvalue weighted by molar-refractivity contribution is 0.100. The predicted octanol–water partition coefficient (Wildman–Crippen LogP) is 2.68. The zero-order valence-corrected chi connectivity index (χ0v) is 13.7. The molecule has 0 saturated carbocycles. The van der Waals surface area contributed by atoms with Gasteiger partial charge in [0.2, 0.25) is 0 Å². The van der Waals surface area contributed by atoms with E-state index in [9.17, 15) is 14.3 Å². The van der Waals surface area contributed by atoms with E-state index < -0.39 is 11.7 Å². The molecule has 6 nitrogen and oxygen atoms in total. The van der Waals surface area contributed by atoms with Gasteiger partial charge in [0.1, 0.15) is 28.6 Å². The average Bonchev–Trinajstić information content (AvgIpc) is 2.90. The fourth-order valence-electron chi connectivity index (χ4n) is 2.81. The maximum atomic E-state index is 13.2. The third-order valence-electron chi connectivity index (χ3n) is 4.10. The first kappa shape index (κ1) is 16.5. The van der Waals surface area contributed by atoms with E-state index in [1.54, 1.807) is 19.1 Å². The van der Waals surface area contributed by atoms with Crippen molar-refractivity contribution in [3.8, 4) is 22.7 Å². The Labute approximate surface area is 143 Å². The molecule has 1 amide bonds. The third kappa shape index (κ3) is 2.69. The smallest absolute Gasteiger partial charge is 0.254 e. The van der Waals surface area contributed by atoms with Crippen molar-refractivity contribution in [1.82, 2.24) is 9.78 Å². The number of amides is 1. The summed E-state index contributed by atoms with van der Waals surface area (Å²) in [6.07, 6.45) is 0. The van der Waals surface area contributed by atoms with Gasteiger partial charge < -0.3 is 16.6 Å². The van der Waals surface area contributed by atoms with Crippen LogP contribution in [0.3, 0.4) is 0 Å². The molecule has 0 aliphatic heterocycles. The first-order chi connectivity index (χ1) is 11.8. The number of carbonyl (C=O) groups is 1. The second kappa shape index (κ2) is 5.94. The zero-order valence-electron chi connectivity index (χ0n) is 13.7. The molecule has 1 aromatic heterocycles. The van der Waals surface area contributed by atoms with E-state index in [0.29, 0.717) is 16.8 Å². The van der Waals surface area contributed by atoms with E-state index in [-0.39, 0.29) is 22.8 Å². The maximum Gasteiger partial charge on any atom is 0.254 e. The van der Waals surface area contributed by atoms with Gasteiger partial charge in [-0.05, 0) is 49.7 Å². The van der Waals surface area contributed by atoms with Gasteiger partial charge in [-0.25, -0.2) is 9.07 Å². The van der Waals surface area contributed by atoms with Gasteiger partial charge in [0.05, 0.1) is 5.69 Å². The van der Waals surface area contributed by atoms with Crippen molar-refractivity contribution in [3.05, 3.63) is 58.9 Å². The number of phenolic OH excluding ortho intramolecular Hbond substituents is 1. The van der Waals surface area contributed by atoms with Crippen LogP contribution in [0.5, 0.6) is 5.75 Å². The number of primary amides is 1. The van der Waals surface area contributed by atoms with Crippen LogP contribution < -0.4 is 11.5 Å². The minimum atomic E-state index is -0.737. The molecule has 0 spiro atoms. The maximum absolute atomic E-state index is 13.2. The van der Waals surface area contributed by atoms with E-state index in [0.717, 1.165) is 5.56 Å². The number of phenols is 1. The van der Waals surface area contributed by atoms with Crippen molar-refractivity contribution >= 4 is 11.7 Å². The summed E-state index contributed by atoms with van der Waals surface area (Å²) in [5.41, 5.74) is 14.4. The number of aromatic hydroxyl groups is 1. The Morgan fingerprint density at radius 3 is 2.40 bits per heavy atom. The van der Waals surface area contributed by atoms with Crippen LogP contribution in [-0.4, -0.2) is 20.8 Å². The van der Waals surface area contributed by atoms with Crippen molar-refractivity contribution in [1.29, 1.82) is 0 Å². The van der Waals surface area contributed by atoms with E-state index in [4.69, 9.17) is 11.5 Å². The molecule has 0 bridgehead atoms. The molecule has 25 heavy (non-hydrogen) atoms. The summed E-state index contributed by atoms with van der Waals surface area (Å²) < 4.78 is 14.6. The molecule has 5 N–H and O–H groups in total. The highest BCUT2D eigenvalue weighted by molar-refractivity contribution is 6.03. The number of nitrogen functional groups attached to an aromatic ring is 1. The highest BCUT2D eigenvalue weighted by Crippen LogP contribution is 2.33. The van der Waals surface area contributed by atoms with Crippen LogP contribution in [0.2, 0.25) is 0 Å². The van der Waals surface area contributed by atoms with Crippen molar-refractivity contribution in [3.63, 3.8) is 0 Å². The number of benzene rings is 2. The summed E-state index contributed by atoms with van der Waals surface area (Å²) in [5.74, 6) is -1.00. The molecule has 0 aliphatic rings. The molecule has 3 rings (SSSR count). The van der Waals surface area contributed by atoms with E-state index in [1.807, 2.05) is 6.92 Å². The summed E-state index contributed by atoms with van der Waals surface area (Å²) >= 11 is 0. The molecule has 0 aliphatic carbocycles. The van der Waals surface area contributed by atoms with E-state index in [1.165, 1.54) is 28.9 Å². The summed E-state index contributed by atoms with van der Waals surface area (Å²) in [6.45, 7) is 3.56. The lowest BCUT2D eigenvalue weighted by Crippen LogP contribution is -2.14. The fraction of sp³-hybridized carbons (Fsp3) is 0.111. The van der Waals surface area contributed by atoms with Crippen LogP contribution in [0.15, 0.2) is 36.4 Å². The first-order valence-electron chi connectivity index (χ1n) is 7.55. The lowest BCUT2D eigenvalue weighted by atomic mass is 10.1. The van der Waals surface area contributed by atoms with Crippen molar-refractivity contribution < 1.29 is 14.3 Å². The average molecular weight is 340 g/mol. The Bertz CT molecular complexity index is 978. The van der Waals surface area contributed by atoms with Gasteiger partial charge in [0.15, 0.2) is 0 Å². The second-order valence-corrected chi connectivity index (χ2v) is 5.77. The fourth-order valence-corrected chi connectivity index (χ4v) is 2.81. The number of nitrogens with zero attached hydrogens (tertiary/aromatic N) is 2. The standard InChI is InChI=1S/C18H17FN4O2/c1-9-3-8-13(24)10(2)16(9)23-17(20)14(18(21)25)15(22-23)11-4-6-12(19)7-5-11/h3-8,24H,20H2,1-2H3,(H2,21,25). The van der Waals surface area contributed by atoms with Gasteiger partial charge >= 0.3 is 0 Å². The number of anilines is 1. The lowest BCUT2D eigenvalue weighted by Gasteiger charge is -2.12. The number of hydrogen-bond acceptors (Lipinski definition) is 4. The Morgan fingerprint density at radius 1 is 1.16 bits per heavy atom. The summed E-state index contributed by atoms with van der Waals surface area (Å²) in [6, 6.07) is 8.82. The second-order valence-electron chi connectivity index (χ2n) is 5.77. The van der Waals surface area contributed by atoms with Crippen LogP contribution in [0, 0.1) is 19.7 Å². The quantitative estimate of drug-likeness (QED) is 0.681. The van der Waals surface area contributed by atoms with Crippen molar-refractivity contribution in [2.24, 2.45) is 5.73 Å². The highest BCUT2D eigenvalue weighted by atomic mass is 19.1. The molecule has 2 aromatic carbocycles. The highest BCUT2D eigenvalue weighted by Gasteiger charge is 2.24. The summed E-state index contributed by atoms with van der Waals surface area (Å²) in [4.78, 5) is 11.9. The minimum Gasteiger partial charge on any atom is -0.508 e. The summed E-state index contributed by atoms with van der Waals surface area (Å²) in [7, 11) is 0. The third-order valence-corrected chi connectivity index (χ3v) is 4.10.